The first-order valence-corrected chi connectivity index (χ1v) is 11.1. The highest BCUT2D eigenvalue weighted by atomic mass is 16.3. The van der Waals surface area contributed by atoms with Crippen molar-refractivity contribution < 1.29 is 9.21 Å². The molecule has 0 saturated heterocycles. The Hall–Kier alpha value is -3.39. The van der Waals surface area contributed by atoms with Gasteiger partial charge in [-0.1, -0.05) is 32.0 Å². The monoisotopic (exact) mass is 432 g/mol. The summed E-state index contributed by atoms with van der Waals surface area (Å²) in [6.45, 7) is 7.65. The van der Waals surface area contributed by atoms with Crippen molar-refractivity contribution in [3.63, 3.8) is 0 Å². The number of amides is 1. The van der Waals surface area contributed by atoms with Crippen LogP contribution in [0.2, 0.25) is 0 Å². The second kappa shape index (κ2) is 8.63. The average Bonchev–Trinajstić information content (AvgIpc) is 3.51. The van der Waals surface area contributed by atoms with E-state index in [1.165, 1.54) is 29.1 Å². The Morgan fingerprint density at radius 1 is 1.19 bits per heavy atom. The molecule has 0 fully saturated rings. The largest absolute Gasteiger partial charge is 0.472 e. The van der Waals surface area contributed by atoms with Gasteiger partial charge in [0.15, 0.2) is 5.82 Å². The lowest BCUT2D eigenvalue weighted by atomic mass is 10.0. The molecule has 1 aliphatic rings. The third-order valence-corrected chi connectivity index (χ3v) is 6.14. The highest BCUT2D eigenvalue weighted by molar-refractivity contribution is 5.94. The second-order valence-corrected chi connectivity index (χ2v) is 8.74. The minimum Gasteiger partial charge on any atom is -0.472 e. The van der Waals surface area contributed by atoms with Gasteiger partial charge in [0.25, 0.3) is 5.91 Å². The van der Waals surface area contributed by atoms with E-state index >= 15 is 0 Å². The van der Waals surface area contributed by atoms with E-state index in [1.807, 2.05) is 0 Å². The van der Waals surface area contributed by atoms with Gasteiger partial charge in [0.05, 0.1) is 17.9 Å². The fourth-order valence-electron chi connectivity index (χ4n) is 4.38. The second-order valence-electron chi connectivity index (χ2n) is 8.74. The molecule has 5 rings (SSSR count). The van der Waals surface area contributed by atoms with Gasteiger partial charge in [0, 0.05) is 43.8 Å². The van der Waals surface area contributed by atoms with E-state index in [0.717, 1.165) is 44.2 Å². The maximum atomic E-state index is 12.6. The molecule has 8 nitrogen and oxygen atoms in total. The molecule has 32 heavy (non-hydrogen) atoms. The fourth-order valence-corrected chi connectivity index (χ4v) is 4.38. The summed E-state index contributed by atoms with van der Waals surface area (Å²) in [5, 5.41) is 13.3. The Balaban J connectivity index is 1.31. The number of hydrogen-bond acceptors (Lipinski definition) is 5. The predicted molar refractivity (Wildman–Crippen MR) is 121 cm³/mol. The molecular formula is C24H28N6O2. The number of aromatic amines is 1. The van der Waals surface area contributed by atoms with Gasteiger partial charge in [0.1, 0.15) is 12.1 Å². The van der Waals surface area contributed by atoms with Crippen molar-refractivity contribution in [1.82, 2.24) is 30.0 Å². The first-order valence-electron chi connectivity index (χ1n) is 11.1. The normalized spacial score (nSPS) is 15.6. The number of fused-ring (bicyclic) bond motifs is 2. The van der Waals surface area contributed by atoms with E-state index in [0.29, 0.717) is 5.56 Å². The van der Waals surface area contributed by atoms with Gasteiger partial charge in [-0.3, -0.25) is 9.69 Å². The van der Waals surface area contributed by atoms with Crippen LogP contribution in [0.1, 0.15) is 47.6 Å². The zero-order valence-corrected chi connectivity index (χ0v) is 18.4. The van der Waals surface area contributed by atoms with Gasteiger partial charge >= 0.3 is 0 Å². The minimum absolute atomic E-state index is 0.163. The Morgan fingerprint density at radius 2 is 2.06 bits per heavy atom. The van der Waals surface area contributed by atoms with E-state index in [1.54, 1.807) is 6.07 Å². The molecule has 0 bridgehead atoms. The highest BCUT2D eigenvalue weighted by Crippen LogP contribution is 2.24. The Bertz CT molecular complexity index is 1170. The first-order chi connectivity index (χ1) is 15.6. The van der Waals surface area contributed by atoms with Crippen LogP contribution < -0.4 is 5.32 Å². The average molecular weight is 433 g/mol. The van der Waals surface area contributed by atoms with Crippen molar-refractivity contribution >= 4 is 16.8 Å². The van der Waals surface area contributed by atoms with Gasteiger partial charge in [0.2, 0.25) is 0 Å². The number of nitrogens with zero attached hydrogens (tertiary/aromatic N) is 4. The molecule has 1 aliphatic heterocycles. The molecular weight excluding hydrogens is 404 g/mol. The molecule has 8 heteroatoms. The number of nitrogens with one attached hydrogen (secondary N) is 2. The van der Waals surface area contributed by atoms with E-state index in [9.17, 15) is 4.79 Å². The molecule has 2 N–H and O–H groups in total. The van der Waals surface area contributed by atoms with Crippen LogP contribution >= 0.6 is 0 Å². The lowest BCUT2D eigenvalue weighted by Crippen LogP contribution is -2.34. The van der Waals surface area contributed by atoms with Crippen LogP contribution in [0.25, 0.3) is 10.9 Å². The summed E-state index contributed by atoms with van der Waals surface area (Å²) in [5.41, 5.74) is 2.90. The van der Waals surface area contributed by atoms with Crippen LogP contribution in [0.4, 0.5) is 0 Å². The summed E-state index contributed by atoms with van der Waals surface area (Å²) in [5.74, 6) is 1.80. The number of benzene rings is 1. The fraction of sp³-hybridized carbons (Fsp3) is 0.375. The third kappa shape index (κ3) is 4.05. The number of H-pyrrole nitrogens is 1. The number of rotatable bonds is 6. The van der Waals surface area contributed by atoms with Crippen LogP contribution in [0.5, 0.6) is 0 Å². The molecule has 1 unspecified atom stereocenters. The van der Waals surface area contributed by atoms with Crippen molar-refractivity contribution in [2.24, 2.45) is 5.92 Å². The quantitative estimate of drug-likeness (QED) is 0.486. The molecule has 4 aromatic rings. The Morgan fingerprint density at radius 3 is 2.84 bits per heavy atom. The number of furan rings is 1. The zero-order valence-electron chi connectivity index (χ0n) is 18.4. The smallest absolute Gasteiger partial charge is 0.255 e. The summed E-state index contributed by atoms with van der Waals surface area (Å²) >= 11 is 0. The van der Waals surface area contributed by atoms with E-state index < -0.39 is 0 Å². The maximum Gasteiger partial charge on any atom is 0.255 e. The summed E-state index contributed by atoms with van der Waals surface area (Å²) in [6.07, 6.45) is 3.79. The molecule has 1 amide bonds. The maximum absolute atomic E-state index is 12.6. The topological polar surface area (TPSA) is 92.0 Å². The van der Waals surface area contributed by atoms with Crippen LogP contribution in [0, 0.1) is 5.92 Å². The first kappa shape index (κ1) is 20.5. The molecule has 0 spiro atoms. The molecule has 0 saturated carbocycles. The molecule has 1 aromatic carbocycles. The van der Waals surface area contributed by atoms with Gasteiger partial charge in [-0.2, -0.15) is 0 Å². The van der Waals surface area contributed by atoms with E-state index in [-0.39, 0.29) is 17.9 Å². The van der Waals surface area contributed by atoms with E-state index in [2.05, 4.69) is 74.1 Å². The van der Waals surface area contributed by atoms with Gasteiger partial charge < -0.3 is 19.3 Å². The lowest BCUT2D eigenvalue weighted by molar-refractivity contribution is 0.0921. The predicted octanol–water partition coefficient (Wildman–Crippen LogP) is 3.54. The van der Waals surface area contributed by atoms with Crippen molar-refractivity contribution in [1.29, 1.82) is 0 Å². The van der Waals surface area contributed by atoms with Crippen LogP contribution in [-0.4, -0.2) is 43.6 Å². The molecule has 4 heterocycles. The van der Waals surface area contributed by atoms with Crippen LogP contribution in [0.15, 0.2) is 53.3 Å². The number of hydrogen-bond donors (Lipinski definition) is 2. The Kier molecular flexibility index (Phi) is 5.53. The number of para-hydroxylation sites is 1. The molecule has 1 atom stereocenters. The zero-order chi connectivity index (χ0) is 22.1. The van der Waals surface area contributed by atoms with Crippen LogP contribution in [0.3, 0.4) is 0 Å². The van der Waals surface area contributed by atoms with Crippen LogP contribution in [-0.2, 0) is 19.5 Å². The summed E-state index contributed by atoms with van der Waals surface area (Å²) in [4.78, 5) is 18.6. The summed E-state index contributed by atoms with van der Waals surface area (Å²) < 4.78 is 7.24. The summed E-state index contributed by atoms with van der Waals surface area (Å²) in [7, 11) is 0. The number of carbonyl (C=O) groups excluding carboxylic acids is 1. The minimum atomic E-state index is -0.223. The molecule has 166 valence electrons. The van der Waals surface area contributed by atoms with Crippen molar-refractivity contribution in [3.8, 4) is 0 Å². The van der Waals surface area contributed by atoms with Crippen molar-refractivity contribution in [2.45, 2.75) is 39.4 Å². The van der Waals surface area contributed by atoms with Crippen molar-refractivity contribution in [3.05, 3.63) is 71.8 Å². The Labute approximate surface area is 186 Å². The number of aromatic nitrogens is 4. The van der Waals surface area contributed by atoms with Crippen molar-refractivity contribution in [2.75, 3.05) is 13.1 Å². The number of carbonyl (C=O) groups is 1. The highest BCUT2D eigenvalue weighted by Gasteiger charge is 2.28. The SMILES string of the molecule is CC(C)C(NC(=O)c1ccoc1)c1nnc2n1CCN(Cc1cc3ccccc3[nH]1)CC2. The molecule has 0 radical (unpaired) electrons. The lowest BCUT2D eigenvalue weighted by Gasteiger charge is -2.23. The van der Waals surface area contributed by atoms with Gasteiger partial charge in [-0.15, -0.1) is 10.2 Å². The summed E-state index contributed by atoms with van der Waals surface area (Å²) in [6, 6.07) is 12.0. The molecule has 3 aromatic heterocycles. The van der Waals surface area contributed by atoms with Gasteiger partial charge in [-0.25, -0.2) is 0 Å². The standard InChI is InChI=1S/C24H28N6O2/c1-16(2)22(26-24(31)18-8-12-32-15-18)23-28-27-21-7-9-29(10-11-30(21)23)14-19-13-17-5-3-4-6-20(17)25-19/h3-6,8,12-13,15-16,22,25H,7,9-11,14H2,1-2H3,(H,26,31). The molecule has 0 aliphatic carbocycles. The van der Waals surface area contributed by atoms with Gasteiger partial charge in [-0.05, 0) is 29.5 Å². The third-order valence-electron chi connectivity index (χ3n) is 6.14. The van der Waals surface area contributed by atoms with E-state index in [4.69, 9.17) is 4.42 Å².